The number of hydrogen-bond donors (Lipinski definition) is 2. The minimum atomic E-state index is -0.454. The molecule has 0 aliphatic carbocycles. The summed E-state index contributed by atoms with van der Waals surface area (Å²) in [5.41, 5.74) is 4.75. The molecule has 0 saturated heterocycles. The monoisotopic (exact) mass is 432 g/mol. The molecular weight excluding hydrogens is 415 g/mol. The average Bonchev–Trinajstić information content (AvgIpc) is 3.10. The number of carbonyl (C=O) groups excluding carboxylic acids is 1. The number of aryl methyl sites for hydroxylation is 3. The lowest BCUT2D eigenvalue weighted by atomic mass is 10.1. The van der Waals surface area contributed by atoms with E-state index in [4.69, 9.17) is 39.8 Å². The second-order valence-electron chi connectivity index (χ2n) is 6.45. The van der Waals surface area contributed by atoms with Gasteiger partial charge in [0.25, 0.3) is 5.91 Å². The smallest absolute Gasteiger partial charge is 0.293 e. The minimum absolute atomic E-state index is 0.118. The van der Waals surface area contributed by atoms with Gasteiger partial charge in [0, 0.05) is 11.3 Å². The third-order valence-corrected chi connectivity index (χ3v) is 5.21. The van der Waals surface area contributed by atoms with Gasteiger partial charge in [0.05, 0.1) is 10.0 Å². The van der Waals surface area contributed by atoms with Gasteiger partial charge >= 0.3 is 0 Å². The highest BCUT2D eigenvalue weighted by atomic mass is 35.5. The lowest BCUT2D eigenvalue weighted by Gasteiger charge is -2.14. The van der Waals surface area contributed by atoms with Crippen molar-refractivity contribution in [1.29, 1.82) is 0 Å². The number of anilines is 1. The summed E-state index contributed by atoms with van der Waals surface area (Å²) in [5.74, 6) is 0.110. The predicted octanol–water partition coefficient (Wildman–Crippen LogP) is 6.31. The Balaban J connectivity index is 1.73. The molecule has 0 aliphatic rings. The van der Waals surface area contributed by atoms with Crippen LogP contribution in [0.2, 0.25) is 10.0 Å². The first-order chi connectivity index (χ1) is 13.3. The molecule has 144 valence electrons. The van der Waals surface area contributed by atoms with Crippen molar-refractivity contribution in [2.24, 2.45) is 0 Å². The maximum atomic E-state index is 12.5. The van der Waals surface area contributed by atoms with Crippen LogP contribution in [0.4, 0.5) is 5.69 Å². The number of rotatable bonds is 3. The van der Waals surface area contributed by atoms with Crippen molar-refractivity contribution >= 4 is 52.1 Å². The fourth-order valence-electron chi connectivity index (χ4n) is 2.99. The molecule has 2 N–H and O–H groups in total. The van der Waals surface area contributed by atoms with Crippen LogP contribution in [0, 0.1) is 20.8 Å². The van der Waals surface area contributed by atoms with Crippen LogP contribution in [-0.4, -0.2) is 11.0 Å². The van der Waals surface area contributed by atoms with Crippen molar-refractivity contribution in [1.82, 2.24) is 5.32 Å². The maximum Gasteiger partial charge on any atom is 0.293 e. The molecule has 0 fully saturated rings. The van der Waals surface area contributed by atoms with Crippen LogP contribution in [0.15, 0.2) is 46.9 Å². The molecule has 0 spiro atoms. The highest BCUT2D eigenvalue weighted by Gasteiger charge is 2.16. The summed E-state index contributed by atoms with van der Waals surface area (Å²) in [6.07, 6.45) is 0. The van der Waals surface area contributed by atoms with E-state index in [0.29, 0.717) is 21.4 Å². The summed E-state index contributed by atoms with van der Waals surface area (Å²) in [7, 11) is 0. The number of carbonyl (C=O) groups is 1. The first-order valence-corrected chi connectivity index (χ1v) is 9.67. The van der Waals surface area contributed by atoms with E-state index in [0.717, 1.165) is 16.8 Å². The fraction of sp³-hybridized carbons (Fsp3) is 0.143. The molecule has 1 aromatic heterocycles. The van der Waals surface area contributed by atoms with Gasteiger partial charge in [-0.2, -0.15) is 0 Å². The number of amides is 1. The topological polar surface area (TPSA) is 54.3 Å². The molecule has 0 saturated carbocycles. The molecule has 3 rings (SSSR count). The number of thiocarbonyl (C=S) groups is 1. The molecule has 1 heterocycles. The molecule has 0 aliphatic heterocycles. The van der Waals surface area contributed by atoms with Crippen molar-refractivity contribution in [2.45, 2.75) is 20.8 Å². The van der Waals surface area contributed by atoms with Crippen molar-refractivity contribution in [3.05, 3.63) is 75.0 Å². The summed E-state index contributed by atoms with van der Waals surface area (Å²) >= 11 is 17.5. The summed E-state index contributed by atoms with van der Waals surface area (Å²) in [4.78, 5) is 12.5. The first kappa shape index (κ1) is 20.4. The third-order valence-electron chi connectivity index (χ3n) is 4.19. The van der Waals surface area contributed by atoms with Gasteiger partial charge < -0.3 is 9.73 Å². The Kier molecular flexibility index (Phi) is 6.08. The second-order valence-corrected chi connectivity index (χ2v) is 7.64. The standard InChI is InChI=1S/C21H18Cl2N2O2S/c1-11-9-12(2)19(13(3)10-11)24-21(28)25-20(26)17-8-7-16(27-17)14-5-4-6-15(22)18(14)23/h4-10H,1-3H3,(H2,24,25,26,28). The highest BCUT2D eigenvalue weighted by Crippen LogP contribution is 2.34. The van der Waals surface area contributed by atoms with Crippen LogP contribution in [0.5, 0.6) is 0 Å². The quantitative estimate of drug-likeness (QED) is 0.476. The number of halogens is 2. The molecule has 0 bridgehead atoms. The van der Waals surface area contributed by atoms with Gasteiger partial charge in [-0.25, -0.2) is 0 Å². The van der Waals surface area contributed by atoms with E-state index in [2.05, 4.69) is 10.6 Å². The summed E-state index contributed by atoms with van der Waals surface area (Å²) in [5, 5.41) is 6.69. The SMILES string of the molecule is Cc1cc(C)c(NC(=S)NC(=O)c2ccc(-c3cccc(Cl)c3Cl)o2)c(C)c1. The predicted molar refractivity (Wildman–Crippen MR) is 119 cm³/mol. The maximum absolute atomic E-state index is 12.5. The molecule has 0 radical (unpaired) electrons. The number of nitrogens with one attached hydrogen (secondary N) is 2. The van der Waals surface area contributed by atoms with Crippen molar-refractivity contribution in [2.75, 3.05) is 5.32 Å². The van der Waals surface area contributed by atoms with Gasteiger partial charge in [0.15, 0.2) is 10.9 Å². The normalized spacial score (nSPS) is 10.6. The van der Waals surface area contributed by atoms with Gasteiger partial charge in [-0.05, 0) is 68.4 Å². The van der Waals surface area contributed by atoms with Crippen molar-refractivity contribution in [3.8, 4) is 11.3 Å². The Morgan fingerprint density at radius 1 is 1.04 bits per heavy atom. The number of benzene rings is 2. The molecule has 7 heteroatoms. The molecule has 4 nitrogen and oxygen atoms in total. The lowest BCUT2D eigenvalue weighted by Crippen LogP contribution is -2.34. The molecule has 0 atom stereocenters. The van der Waals surface area contributed by atoms with Gasteiger partial charge in [-0.1, -0.05) is 47.0 Å². The molecule has 2 aromatic carbocycles. The zero-order valence-corrected chi connectivity index (χ0v) is 17.9. The minimum Gasteiger partial charge on any atom is -0.451 e. The van der Waals surface area contributed by atoms with Gasteiger partial charge in [-0.15, -0.1) is 0 Å². The summed E-state index contributed by atoms with van der Waals surface area (Å²) in [6.45, 7) is 6.01. The fourth-order valence-corrected chi connectivity index (χ4v) is 3.57. The van der Waals surface area contributed by atoms with Crippen LogP contribution in [0.3, 0.4) is 0 Å². The van der Waals surface area contributed by atoms with E-state index in [1.54, 1.807) is 30.3 Å². The number of furan rings is 1. The number of hydrogen-bond acceptors (Lipinski definition) is 3. The van der Waals surface area contributed by atoms with E-state index in [-0.39, 0.29) is 10.9 Å². The van der Waals surface area contributed by atoms with Gasteiger partial charge in [0.1, 0.15) is 5.76 Å². The average molecular weight is 433 g/mol. The third kappa shape index (κ3) is 4.38. The van der Waals surface area contributed by atoms with Crippen LogP contribution in [-0.2, 0) is 0 Å². The van der Waals surface area contributed by atoms with E-state index in [1.807, 2.05) is 32.9 Å². The van der Waals surface area contributed by atoms with Crippen LogP contribution in [0.1, 0.15) is 27.2 Å². The zero-order valence-electron chi connectivity index (χ0n) is 15.5. The van der Waals surface area contributed by atoms with E-state index in [1.165, 1.54) is 5.56 Å². The van der Waals surface area contributed by atoms with Crippen molar-refractivity contribution < 1.29 is 9.21 Å². The Morgan fingerprint density at radius 3 is 2.39 bits per heavy atom. The molecule has 1 amide bonds. The zero-order chi connectivity index (χ0) is 20.4. The Morgan fingerprint density at radius 2 is 1.71 bits per heavy atom. The Labute approximate surface area is 178 Å². The molecule has 3 aromatic rings. The molecular formula is C21H18Cl2N2O2S. The summed E-state index contributed by atoms with van der Waals surface area (Å²) < 4.78 is 5.64. The lowest BCUT2D eigenvalue weighted by molar-refractivity contribution is 0.0951. The largest absolute Gasteiger partial charge is 0.451 e. The van der Waals surface area contributed by atoms with E-state index < -0.39 is 5.91 Å². The summed E-state index contributed by atoms with van der Waals surface area (Å²) in [6, 6.07) is 12.5. The Bertz CT molecular complexity index is 1050. The molecule has 0 unspecified atom stereocenters. The highest BCUT2D eigenvalue weighted by molar-refractivity contribution is 7.80. The van der Waals surface area contributed by atoms with Crippen LogP contribution >= 0.6 is 35.4 Å². The van der Waals surface area contributed by atoms with E-state index >= 15 is 0 Å². The second kappa shape index (κ2) is 8.35. The molecule has 28 heavy (non-hydrogen) atoms. The van der Waals surface area contributed by atoms with Crippen LogP contribution in [0.25, 0.3) is 11.3 Å². The Hall–Kier alpha value is -2.34. The first-order valence-electron chi connectivity index (χ1n) is 8.50. The van der Waals surface area contributed by atoms with E-state index in [9.17, 15) is 4.79 Å². The van der Waals surface area contributed by atoms with Gasteiger partial charge in [-0.3, -0.25) is 10.1 Å². The van der Waals surface area contributed by atoms with Crippen LogP contribution < -0.4 is 10.6 Å². The van der Waals surface area contributed by atoms with Gasteiger partial charge in [0.2, 0.25) is 0 Å². The van der Waals surface area contributed by atoms with Crippen molar-refractivity contribution in [3.63, 3.8) is 0 Å².